The second-order valence-corrected chi connectivity index (χ2v) is 14.3. The number of carbonyl (C=O) groups is 2. The molecule has 0 unspecified atom stereocenters. The summed E-state index contributed by atoms with van der Waals surface area (Å²) >= 11 is 1.63. The average molecular weight is 681 g/mol. The highest BCUT2D eigenvalue weighted by Gasteiger charge is 2.23. The quantitative estimate of drug-likeness (QED) is 0.146. The number of carbonyl (C=O) groups excluding carboxylic acids is 2. The summed E-state index contributed by atoms with van der Waals surface area (Å²) in [5, 5.41) is 10.0. The Labute approximate surface area is 290 Å². The fourth-order valence-electron chi connectivity index (χ4n) is 6.32. The molecule has 4 heterocycles. The van der Waals surface area contributed by atoms with E-state index in [2.05, 4.69) is 38.0 Å². The number of thiophene rings is 1. The number of amides is 2. The molecule has 2 aromatic carbocycles. The third kappa shape index (κ3) is 7.73. The van der Waals surface area contributed by atoms with E-state index in [-0.39, 0.29) is 18.0 Å². The number of aryl methyl sites for hydroxylation is 1. The van der Waals surface area contributed by atoms with E-state index in [4.69, 9.17) is 15.2 Å². The SMILES string of the molecule is COc1cc(-c2csc3c(C=CCCN4CCC(NC(=O)OC(C)(C)C)CC4)cnc(N)c23)ccc1NC(=O)c1cc2ccccc2n1C. The van der Waals surface area contributed by atoms with Crippen molar-refractivity contribution in [3.05, 3.63) is 77.4 Å². The van der Waals surface area contributed by atoms with Gasteiger partial charge in [-0.2, -0.15) is 0 Å². The molecule has 3 aromatic heterocycles. The van der Waals surface area contributed by atoms with E-state index in [9.17, 15) is 9.59 Å². The van der Waals surface area contributed by atoms with Crippen LogP contribution in [-0.4, -0.2) is 64.8 Å². The number of ether oxygens (including phenoxy) is 2. The second kappa shape index (κ2) is 14.3. The summed E-state index contributed by atoms with van der Waals surface area (Å²) in [5.41, 5.74) is 11.0. The van der Waals surface area contributed by atoms with Gasteiger partial charge in [-0.3, -0.25) is 4.79 Å². The summed E-state index contributed by atoms with van der Waals surface area (Å²) < 4.78 is 14.1. The molecular formula is C38H44N6O4S. The number of likely N-dealkylation sites (tertiary alicyclic amines) is 1. The number of aromatic nitrogens is 2. The molecule has 256 valence electrons. The molecule has 0 atom stereocenters. The summed E-state index contributed by atoms with van der Waals surface area (Å²) in [7, 11) is 3.49. The predicted molar refractivity (Wildman–Crippen MR) is 199 cm³/mol. The molecule has 0 saturated carbocycles. The number of anilines is 2. The zero-order valence-electron chi connectivity index (χ0n) is 28.7. The standard InChI is InChI=1S/C38H44N6O4S/c1-38(2,3)48-37(46)41-27-15-18-44(19-16-27)17-9-8-11-26-22-40-35(39)33-28(23-49-34(26)33)24-13-14-29(32(21-24)47-5)42-36(45)31-20-25-10-6-7-12-30(25)43(31)4/h6-8,10-14,20-23,27H,9,15-19H2,1-5H3,(H2,39,40)(H,41,46)(H,42,45). The van der Waals surface area contributed by atoms with Crippen LogP contribution in [0.2, 0.25) is 0 Å². The molecule has 0 radical (unpaired) electrons. The highest BCUT2D eigenvalue weighted by atomic mass is 32.1. The van der Waals surface area contributed by atoms with Gasteiger partial charge in [-0.25, -0.2) is 9.78 Å². The Morgan fingerprint density at radius 1 is 1.12 bits per heavy atom. The third-order valence-electron chi connectivity index (χ3n) is 8.81. The van der Waals surface area contributed by atoms with E-state index in [1.165, 1.54) is 0 Å². The number of methoxy groups -OCH3 is 1. The van der Waals surface area contributed by atoms with Gasteiger partial charge in [0.2, 0.25) is 0 Å². The Kier molecular flexibility index (Phi) is 9.94. The highest BCUT2D eigenvalue weighted by molar-refractivity contribution is 7.18. The van der Waals surface area contributed by atoms with E-state index < -0.39 is 5.60 Å². The molecule has 1 fully saturated rings. The molecule has 1 aliphatic rings. The lowest BCUT2D eigenvalue weighted by atomic mass is 10.0. The van der Waals surface area contributed by atoms with E-state index >= 15 is 0 Å². The maximum Gasteiger partial charge on any atom is 0.407 e. The van der Waals surface area contributed by atoms with E-state index in [1.807, 2.05) is 87.1 Å². The van der Waals surface area contributed by atoms with Gasteiger partial charge in [0.25, 0.3) is 5.91 Å². The summed E-state index contributed by atoms with van der Waals surface area (Å²) in [6.45, 7) is 8.44. The van der Waals surface area contributed by atoms with Crippen LogP contribution in [0.25, 0.3) is 38.2 Å². The zero-order chi connectivity index (χ0) is 34.7. The van der Waals surface area contributed by atoms with Crippen LogP contribution in [-0.2, 0) is 11.8 Å². The first-order valence-electron chi connectivity index (χ1n) is 16.6. The second-order valence-electron chi connectivity index (χ2n) is 13.4. The minimum absolute atomic E-state index is 0.147. The Balaban J connectivity index is 1.10. The molecular weight excluding hydrogens is 637 g/mol. The molecule has 1 aliphatic heterocycles. The number of nitrogen functional groups attached to an aromatic ring is 1. The van der Waals surface area contributed by atoms with Crippen LogP contribution in [0.15, 0.2) is 66.2 Å². The van der Waals surface area contributed by atoms with Gasteiger partial charge in [-0.05, 0) is 75.2 Å². The predicted octanol–water partition coefficient (Wildman–Crippen LogP) is 7.69. The number of pyridine rings is 1. The summed E-state index contributed by atoms with van der Waals surface area (Å²) in [5.74, 6) is 0.810. The number of rotatable bonds is 9. The van der Waals surface area contributed by atoms with E-state index in [1.54, 1.807) is 18.4 Å². The minimum Gasteiger partial charge on any atom is -0.495 e. The molecule has 0 spiro atoms. The molecule has 0 bridgehead atoms. The van der Waals surface area contributed by atoms with Gasteiger partial charge < -0.3 is 35.3 Å². The lowest BCUT2D eigenvalue weighted by molar-refractivity contribution is 0.0479. The highest BCUT2D eigenvalue weighted by Crippen LogP contribution is 2.41. The summed E-state index contributed by atoms with van der Waals surface area (Å²) in [6.07, 6.45) is 8.51. The lowest BCUT2D eigenvalue weighted by Crippen LogP contribution is -2.46. The number of piperidine rings is 1. The molecule has 1 saturated heterocycles. The molecule has 5 aromatic rings. The van der Waals surface area contributed by atoms with E-state index in [0.29, 0.717) is 22.9 Å². The van der Waals surface area contributed by atoms with Crippen molar-refractivity contribution < 1.29 is 19.1 Å². The Morgan fingerprint density at radius 2 is 1.90 bits per heavy atom. The van der Waals surface area contributed by atoms with Crippen molar-refractivity contribution >= 4 is 61.9 Å². The van der Waals surface area contributed by atoms with Crippen LogP contribution in [0.1, 0.15) is 56.1 Å². The van der Waals surface area contributed by atoms with Crippen molar-refractivity contribution in [1.29, 1.82) is 0 Å². The average Bonchev–Trinajstić information content (AvgIpc) is 3.67. The number of hydrogen-bond acceptors (Lipinski definition) is 8. The van der Waals surface area contributed by atoms with Crippen molar-refractivity contribution in [3.63, 3.8) is 0 Å². The normalized spacial score (nSPS) is 14.5. The van der Waals surface area contributed by atoms with Crippen molar-refractivity contribution in [3.8, 4) is 16.9 Å². The smallest absolute Gasteiger partial charge is 0.407 e. The van der Waals surface area contributed by atoms with Crippen LogP contribution in [0.3, 0.4) is 0 Å². The Hall–Kier alpha value is -4.87. The lowest BCUT2D eigenvalue weighted by Gasteiger charge is -2.32. The summed E-state index contributed by atoms with van der Waals surface area (Å²) in [4.78, 5) is 32.4. The minimum atomic E-state index is -0.494. The Bertz CT molecular complexity index is 2020. The number of hydrogen-bond donors (Lipinski definition) is 3. The van der Waals surface area contributed by atoms with Gasteiger partial charge in [0.05, 0.1) is 12.8 Å². The topological polar surface area (TPSA) is 124 Å². The fraction of sp³-hybridized carbons (Fsp3) is 0.342. The third-order valence-corrected chi connectivity index (χ3v) is 9.84. The number of nitrogens with one attached hydrogen (secondary N) is 2. The van der Waals surface area contributed by atoms with Crippen molar-refractivity contribution in [2.45, 2.75) is 51.7 Å². The monoisotopic (exact) mass is 680 g/mol. The largest absolute Gasteiger partial charge is 0.495 e. The summed E-state index contributed by atoms with van der Waals surface area (Å²) in [6, 6.07) is 15.7. The molecule has 4 N–H and O–H groups in total. The first kappa shape index (κ1) is 34.0. The number of fused-ring (bicyclic) bond motifs is 2. The van der Waals surface area contributed by atoms with Gasteiger partial charge in [-0.1, -0.05) is 36.4 Å². The molecule has 11 heteroatoms. The van der Waals surface area contributed by atoms with Crippen molar-refractivity contribution in [1.82, 2.24) is 19.8 Å². The fourth-order valence-corrected chi connectivity index (χ4v) is 7.39. The Morgan fingerprint density at radius 3 is 2.63 bits per heavy atom. The van der Waals surface area contributed by atoms with Gasteiger partial charge in [-0.15, -0.1) is 11.3 Å². The van der Waals surface area contributed by atoms with Crippen molar-refractivity contribution in [2.75, 3.05) is 37.8 Å². The van der Waals surface area contributed by atoms with Crippen LogP contribution in [0, 0.1) is 0 Å². The van der Waals surface area contributed by atoms with Gasteiger partial charge >= 0.3 is 6.09 Å². The van der Waals surface area contributed by atoms with E-state index in [0.717, 1.165) is 76.6 Å². The van der Waals surface area contributed by atoms with Gasteiger partial charge in [0.1, 0.15) is 22.9 Å². The first-order valence-corrected chi connectivity index (χ1v) is 17.5. The van der Waals surface area contributed by atoms with Crippen LogP contribution >= 0.6 is 11.3 Å². The molecule has 2 amide bonds. The van der Waals surface area contributed by atoms with Crippen LogP contribution in [0.5, 0.6) is 5.75 Å². The molecule has 6 rings (SSSR count). The number of alkyl carbamates (subject to hydrolysis) is 1. The first-order chi connectivity index (χ1) is 23.5. The maximum atomic E-state index is 13.3. The van der Waals surface area contributed by atoms with Gasteiger partial charge in [0, 0.05) is 71.0 Å². The molecule has 49 heavy (non-hydrogen) atoms. The molecule has 0 aliphatic carbocycles. The molecule has 10 nitrogen and oxygen atoms in total. The maximum absolute atomic E-state index is 13.3. The van der Waals surface area contributed by atoms with Crippen LogP contribution in [0.4, 0.5) is 16.3 Å². The van der Waals surface area contributed by atoms with Crippen LogP contribution < -0.4 is 21.1 Å². The van der Waals surface area contributed by atoms with Crippen molar-refractivity contribution in [2.24, 2.45) is 7.05 Å². The number of nitrogens with zero attached hydrogens (tertiary/aromatic N) is 3. The number of nitrogens with two attached hydrogens (primary N) is 1. The number of benzene rings is 2. The number of para-hydroxylation sites is 1. The van der Waals surface area contributed by atoms with Gasteiger partial charge in [0.15, 0.2) is 0 Å². The zero-order valence-corrected chi connectivity index (χ0v) is 29.5.